The van der Waals surface area contributed by atoms with Crippen LogP contribution in [-0.2, 0) is 6.54 Å². The summed E-state index contributed by atoms with van der Waals surface area (Å²) in [5.74, 6) is 1.48. The molecule has 1 unspecified atom stereocenters. The lowest BCUT2D eigenvalue weighted by atomic mass is 9.96. The van der Waals surface area contributed by atoms with Gasteiger partial charge in [-0.2, -0.15) is 5.26 Å². The van der Waals surface area contributed by atoms with Crippen molar-refractivity contribution in [3.05, 3.63) is 29.5 Å². The summed E-state index contributed by atoms with van der Waals surface area (Å²) in [6.45, 7) is 3.97. The molecule has 0 amide bonds. The summed E-state index contributed by atoms with van der Waals surface area (Å²) >= 11 is 0. The van der Waals surface area contributed by atoms with Gasteiger partial charge < -0.3 is 9.72 Å². The highest BCUT2D eigenvalue weighted by atomic mass is 16.5. The zero-order chi connectivity index (χ0) is 15.5. The molecule has 0 saturated heterocycles. The van der Waals surface area contributed by atoms with E-state index in [0.29, 0.717) is 12.3 Å². The summed E-state index contributed by atoms with van der Waals surface area (Å²) in [5.41, 5.74) is 3.63. The maximum atomic E-state index is 8.81. The molecule has 4 heteroatoms. The van der Waals surface area contributed by atoms with Crippen molar-refractivity contribution in [1.82, 2.24) is 4.98 Å². The highest BCUT2D eigenvalue weighted by Crippen LogP contribution is 2.31. The zero-order valence-electron chi connectivity index (χ0n) is 13.2. The van der Waals surface area contributed by atoms with Crippen LogP contribution >= 0.6 is 0 Å². The Balaban J connectivity index is 1.90. The molecular weight excluding hydrogens is 274 g/mol. The molecule has 1 aliphatic heterocycles. The molecule has 0 saturated carbocycles. The third-order valence-electron chi connectivity index (χ3n) is 4.59. The van der Waals surface area contributed by atoms with Gasteiger partial charge in [0.2, 0.25) is 0 Å². The average Bonchev–Trinajstić information content (AvgIpc) is 3.02. The number of ether oxygens (including phenoxy) is 1. The molecule has 22 heavy (non-hydrogen) atoms. The van der Waals surface area contributed by atoms with E-state index in [1.54, 1.807) is 7.11 Å². The summed E-state index contributed by atoms with van der Waals surface area (Å²) < 4.78 is 7.96. The smallest absolute Gasteiger partial charge is 0.172 e. The second-order valence-corrected chi connectivity index (χ2v) is 6.05. The normalized spacial score (nSPS) is 18.0. The van der Waals surface area contributed by atoms with E-state index < -0.39 is 0 Å². The fraction of sp³-hybridized carbons (Fsp3) is 0.444. The van der Waals surface area contributed by atoms with Gasteiger partial charge in [-0.3, -0.25) is 0 Å². The van der Waals surface area contributed by atoms with Crippen LogP contribution in [-0.4, -0.2) is 29.4 Å². The number of nitrogens with one attached hydrogen (secondary N) is 1. The summed E-state index contributed by atoms with van der Waals surface area (Å²) in [6, 6.07) is 6.52. The fourth-order valence-corrected chi connectivity index (χ4v) is 3.30. The molecule has 3 rings (SSSR count). The van der Waals surface area contributed by atoms with Gasteiger partial charge in [0, 0.05) is 36.4 Å². The van der Waals surface area contributed by atoms with E-state index in [1.165, 1.54) is 22.0 Å². The summed E-state index contributed by atoms with van der Waals surface area (Å²) in [6.07, 6.45) is 7.00. The van der Waals surface area contributed by atoms with E-state index in [-0.39, 0.29) is 0 Å². The number of hydrogen-bond acceptors (Lipinski definition) is 2. The Kier molecular flexibility index (Phi) is 4.15. The molecule has 1 atom stereocenters. The first kappa shape index (κ1) is 14.6. The topological polar surface area (TPSA) is 51.8 Å². The van der Waals surface area contributed by atoms with Gasteiger partial charge in [0.1, 0.15) is 18.5 Å². The van der Waals surface area contributed by atoms with Crippen LogP contribution in [0, 0.1) is 24.2 Å². The van der Waals surface area contributed by atoms with Crippen molar-refractivity contribution in [2.45, 2.75) is 32.7 Å². The maximum absolute atomic E-state index is 8.81. The minimum atomic E-state index is 0.522. The first-order valence-electron chi connectivity index (χ1n) is 7.80. The van der Waals surface area contributed by atoms with Gasteiger partial charge in [0.15, 0.2) is 6.54 Å². The first-order valence-corrected chi connectivity index (χ1v) is 7.80. The molecule has 114 valence electrons. The molecule has 4 nitrogen and oxygen atoms in total. The molecule has 1 N–H and O–H groups in total. The molecule has 0 radical (unpaired) electrons. The Morgan fingerprint density at radius 2 is 2.36 bits per heavy atom. The van der Waals surface area contributed by atoms with Gasteiger partial charge in [0.25, 0.3) is 0 Å². The first-order chi connectivity index (χ1) is 10.7. The standard InChI is InChI=1S/C18H22N3O/c1-13-11-17(22-2)16(15-4-8-20-18(13)15)12-21-9-5-14(3-7-19)6-10-21/h4,8-9,11,14,20H,3,5-6,10,12H2,1-2H3/q+1. The maximum Gasteiger partial charge on any atom is 0.172 e. The molecule has 1 aliphatic rings. The minimum absolute atomic E-state index is 0.522. The lowest BCUT2D eigenvalue weighted by Crippen LogP contribution is -2.24. The number of benzene rings is 1. The number of H-pyrrole nitrogens is 1. The van der Waals surface area contributed by atoms with E-state index >= 15 is 0 Å². The fourth-order valence-electron chi connectivity index (χ4n) is 3.30. The molecule has 0 fully saturated rings. The molecule has 1 aromatic carbocycles. The predicted octanol–water partition coefficient (Wildman–Crippen LogP) is 3.39. The number of fused-ring (bicyclic) bond motifs is 1. The third kappa shape index (κ3) is 2.71. The van der Waals surface area contributed by atoms with E-state index in [1.807, 2.05) is 6.20 Å². The number of methoxy groups -OCH3 is 1. The number of aromatic amines is 1. The minimum Gasteiger partial charge on any atom is -0.496 e. The lowest BCUT2D eigenvalue weighted by Gasteiger charge is -2.17. The van der Waals surface area contributed by atoms with Crippen molar-refractivity contribution in [1.29, 1.82) is 5.26 Å². The molecule has 0 bridgehead atoms. The van der Waals surface area contributed by atoms with Crippen molar-refractivity contribution >= 4 is 17.1 Å². The van der Waals surface area contributed by atoms with Crippen molar-refractivity contribution in [3.8, 4) is 11.8 Å². The van der Waals surface area contributed by atoms with Gasteiger partial charge in [0.05, 0.1) is 18.7 Å². The second-order valence-electron chi connectivity index (χ2n) is 6.05. The number of rotatable bonds is 4. The van der Waals surface area contributed by atoms with Gasteiger partial charge in [-0.05, 0) is 30.5 Å². The molecule has 0 aliphatic carbocycles. The van der Waals surface area contributed by atoms with Crippen LogP contribution in [0.25, 0.3) is 10.9 Å². The number of hydrogen-bond donors (Lipinski definition) is 1. The van der Waals surface area contributed by atoms with Crippen molar-refractivity contribution in [2.24, 2.45) is 5.92 Å². The Bertz CT molecular complexity index is 752. The lowest BCUT2D eigenvalue weighted by molar-refractivity contribution is -0.545. The van der Waals surface area contributed by atoms with Crippen LogP contribution in [0.15, 0.2) is 18.3 Å². The second kappa shape index (κ2) is 6.23. The average molecular weight is 296 g/mol. The molecular formula is C18H22N3O+. The van der Waals surface area contributed by atoms with Crippen LogP contribution in [0.2, 0.25) is 0 Å². The van der Waals surface area contributed by atoms with Crippen molar-refractivity contribution < 1.29 is 9.31 Å². The number of aromatic nitrogens is 1. The Labute approximate surface area is 131 Å². The van der Waals surface area contributed by atoms with Gasteiger partial charge in [-0.15, -0.1) is 0 Å². The third-order valence-corrected chi connectivity index (χ3v) is 4.59. The highest BCUT2D eigenvalue weighted by Gasteiger charge is 2.22. The van der Waals surface area contributed by atoms with Gasteiger partial charge in [-0.1, -0.05) is 0 Å². The number of aryl methyl sites for hydroxylation is 1. The monoisotopic (exact) mass is 296 g/mol. The summed E-state index contributed by atoms with van der Waals surface area (Å²) in [4.78, 5) is 3.32. The summed E-state index contributed by atoms with van der Waals surface area (Å²) in [7, 11) is 1.74. The van der Waals surface area contributed by atoms with Gasteiger partial charge >= 0.3 is 0 Å². The van der Waals surface area contributed by atoms with Gasteiger partial charge in [-0.25, -0.2) is 4.58 Å². The Morgan fingerprint density at radius 1 is 1.50 bits per heavy atom. The number of nitrogens with zero attached hydrogens (tertiary/aromatic N) is 2. The van der Waals surface area contributed by atoms with Crippen LogP contribution in [0.5, 0.6) is 5.75 Å². The van der Waals surface area contributed by atoms with E-state index in [2.05, 4.69) is 40.9 Å². The van der Waals surface area contributed by atoms with E-state index in [0.717, 1.165) is 31.7 Å². The molecule has 2 heterocycles. The van der Waals surface area contributed by atoms with Crippen LogP contribution in [0.1, 0.15) is 30.4 Å². The highest BCUT2D eigenvalue weighted by molar-refractivity contribution is 5.88. The Hall–Kier alpha value is -2.28. The molecule has 2 aromatic rings. The quantitative estimate of drug-likeness (QED) is 0.879. The van der Waals surface area contributed by atoms with Crippen LogP contribution in [0.3, 0.4) is 0 Å². The largest absolute Gasteiger partial charge is 0.496 e. The summed E-state index contributed by atoms with van der Waals surface area (Å²) in [5, 5.41) is 10.1. The van der Waals surface area contributed by atoms with Crippen LogP contribution < -0.4 is 4.74 Å². The predicted molar refractivity (Wildman–Crippen MR) is 87.4 cm³/mol. The van der Waals surface area contributed by atoms with E-state index in [4.69, 9.17) is 10.00 Å². The SMILES string of the molecule is COc1cc(C)c2[nH]ccc2c1C[N+]1=CCC(CC#N)CC1. The van der Waals surface area contributed by atoms with E-state index in [9.17, 15) is 0 Å². The number of nitriles is 1. The van der Waals surface area contributed by atoms with Crippen molar-refractivity contribution in [2.75, 3.05) is 13.7 Å². The van der Waals surface area contributed by atoms with Crippen molar-refractivity contribution in [3.63, 3.8) is 0 Å². The molecule has 0 spiro atoms. The molecule has 1 aromatic heterocycles. The van der Waals surface area contributed by atoms with Crippen LogP contribution in [0.4, 0.5) is 0 Å². The Morgan fingerprint density at radius 3 is 3.05 bits per heavy atom. The zero-order valence-corrected chi connectivity index (χ0v) is 13.2.